The van der Waals surface area contributed by atoms with Crippen molar-refractivity contribution >= 4 is 50.3 Å². The van der Waals surface area contributed by atoms with Crippen LogP contribution in [0.25, 0.3) is 10.1 Å². The van der Waals surface area contributed by atoms with Gasteiger partial charge in [-0.3, -0.25) is 0 Å². The highest BCUT2D eigenvalue weighted by Crippen LogP contribution is 2.37. The van der Waals surface area contributed by atoms with E-state index in [1.54, 1.807) is 11.3 Å². The summed E-state index contributed by atoms with van der Waals surface area (Å²) in [6.45, 7) is 1.91. The lowest BCUT2D eigenvalue weighted by atomic mass is 10.2. The van der Waals surface area contributed by atoms with Gasteiger partial charge < -0.3 is 4.84 Å². The minimum Gasteiger partial charge on any atom is -0.399 e. The van der Waals surface area contributed by atoms with Crippen molar-refractivity contribution in [2.45, 2.75) is 13.3 Å². The van der Waals surface area contributed by atoms with Gasteiger partial charge in [0.2, 0.25) is 0 Å². The molecule has 0 spiro atoms. The van der Waals surface area contributed by atoms with Crippen molar-refractivity contribution < 1.29 is 4.84 Å². The first kappa shape index (κ1) is 12.7. The third kappa shape index (κ3) is 2.73. The molecule has 0 atom stereocenters. The number of halogens is 2. The molecule has 0 aliphatic heterocycles. The van der Waals surface area contributed by atoms with Crippen molar-refractivity contribution in [2.24, 2.45) is 5.16 Å². The predicted molar refractivity (Wildman–Crippen MR) is 75.7 cm³/mol. The van der Waals surface area contributed by atoms with Crippen LogP contribution in [0.4, 0.5) is 0 Å². The molecule has 0 amide bonds. The number of hydrogen-bond acceptors (Lipinski definition) is 3. The topological polar surface area (TPSA) is 21.6 Å². The Bertz CT molecular complexity index is 577. The Morgan fingerprint density at radius 1 is 1.41 bits per heavy atom. The second-order valence-electron chi connectivity index (χ2n) is 3.67. The van der Waals surface area contributed by atoms with Gasteiger partial charge in [0, 0.05) is 26.4 Å². The molecule has 17 heavy (non-hydrogen) atoms. The first-order valence-corrected chi connectivity index (χ1v) is 6.62. The maximum Gasteiger partial charge on any atom is 0.106 e. The summed E-state index contributed by atoms with van der Waals surface area (Å²) in [5.41, 5.74) is 0.895. The zero-order chi connectivity index (χ0) is 12.4. The molecule has 1 aromatic carbocycles. The highest BCUT2D eigenvalue weighted by Gasteiger charge is 2.11. The predicted octanol–water partition coefficient (Wildman–Crippen LogP) is 4.77. The van der Waals surface area contributed by atoms with Gasteiger partial charge in [-0.15, -0.1) is 11.3 Å². The van der Waals surface area contributed by atoms with Gasteiger partial charge in [-0.1, -0.05) is 28.4 Å². The third-order valence-electron chi connectivity index (χ3n) is 2.32. The summed E-state index contributed by atoms with van der Waals surface area (Å²) >= 11 is 13.9. The lowest BCUT2D eigenvalue weighted by molar-refractivity contribution is 0.212. The molecular formula is C12H11Cl2NOS. The first-order valence-electron chi connectivity index (χ1n) is 5.05. The van der Waals surface area contributed by atoms with Gasteiger partial charge in [0.15, 0.2) is 0 Å². The fourth-order valence-corrected chi connectivity index (χ4v) is 3.34. The molecule has 2 rings (SSSR count). The summed E-state index contributed by atoms with van der Waals surface area (Å²) in [7, 11) is 1.54. The first-order chi connectivity index (χ1) is 8.11. The van der Waals surface area contributed by atoms with E-state index in [0.29, 0.717) is 11.4 Å². The van der Waals surface area contributed by atoms with Crippen molar-refractivity contribution in [3.05, 3.63) is 33.1 Å². The smallest absolute Gasteiger partial charge is 0.106 e. The summed E-state index contributed by atoms with van der Waals surface area (Å²) in [4.78, 5) is 5.82. The molecule has 0 saturated heterocycles. The van der Waals surface area contributed by atoms with Crippen molar-refractivity contribution in [3.8, 4) is 0 Å². The van der Waals surface area contributed by atoms with Crippen LogP contribution in [0.5, 0.6) is 0 Å². The Morgan fingerprint density at radius 2 is 2.18 bits per heavy atom. The summed E-state index contributed by atoms with van der Waals surface area (Å²) in [6.07, 6.45) is 0.698. The molecular weight excluding hydrogens is 277 g/mol. The van der Waals surface area contributed by atoms with E-state index in [0.717, 1.165) is 25.7 Å². The van der Waals surface area contributed by atoms with Crippen LogP contribution in [0.1, 0.15) is 11.8 Å². The molecule has 2 nitrogen and oxygen atoms in total. The average molecular weight is 288 g/mol. The molecule has 90 valence electrons. The molecule has 5 heteroatoms. The number of hydrogen-bond donors (Lipinski definition) is 0. The third-order valence-corrected chi connectivity index (χ3v) is 4.27. The minimum atomic E-state index is 0.698. The zero-order valence-corrected chi connectivity index (χ0v) is 11.8. The van der Waals surface area contributed by atoms with Crippen LogP contribution in [0.3, 0.4) is 0 Å². The van der Waals surface area contributed by atoms with Gasteiger partial charge in [-0.25, -0.2) is 0 Å². The zero-order valence-electron chi connectivity index (χ0n) is 9.46. The second-order valence-corrected chi connectivity index (χ2v) is 5.62. The summed E-state index contributed by atoms with van der Waals surface area (Å²) < 4.78 is 1.14. The lowest BCUT2D eigenvalue weighted by Crippen LogP contribution is -1.96. The number of nitrogens with zero attached hydrogens (tertiary/aromatic N) is 1. The summed E-state index contributed by atoms with van der Waals surface area (Å²) in [5.74, 6) is 0. The second kappa shape index (κ2) is 5.25. The monoisotopic (exact) mass is 287 g/mol. The van der Waals surface area contributed by atoms with Gasteiger partial charge >= 0.3 is 0 Å². The van der Waals surface area contributed by atoms with E-state index in [1.807, 2.05) is 25.1 Å². The molecule has 0 radical (unpaired) electrons. The largest absolute Gasteiger partial charge is 0.399 e. The lowest BCUT2D eigenvalue weighted by Gasteiger charge is -1.97. The van der Waals surface area contributed by atoms with E-state index in [1.165, 1.54) is 7.11 Å². The maximum absolute atomic E-state index is 6.33. The normalized spacial score (nSPS) is 12.1. The molecule has 1 aromatic heterocycles. The average Bonchev–Trinajstić information content (AvgIpc) is 2.57. The standard InChI is InChI=1S/C12H11Cl2NOS/c1-7(15-16-2)5-11-12(14)9-6-8(13)3-4-10(9)17-11/h3-4,6H,5H2,1-2H3/b15-7+. The molecule has 0 aliphatic rings. The van der Waals surface area contributed by atoms with Gasteiger partial charge in [-0.05, 0) is 25.1 Å². The Hall–Kier alpha value is -0.770. The Kier molecular flexibility index (Phi) is 3.92. The van der Waals surface area contributed by atoms with Gasteiger partial charge in [0.1, 0.15) is 7.11 Å². The Balaban J connectivity index is 2.42. The maximum atomic E-state index is 6.33. The van der Waals surface area contributed by atoms with E-state index in [4.69, 9.17) is 28.0 Å². The Morgan fingerprint density at radius 3 is 2.88 bits per heavy atom. The number of benzene rings is 1. The van der Waals surface area contributed by atoms with Crippen LogP contribution in [0.2, 0.25) is 10.0 Å². The minimum absolute atomic E-state index is 0.698. The van der Waals surface area contributed by atoms with Crippen molar-refractivity contribution in [3.63, 3.8) is 0 Å². The molecule has 0 N–H and O–H groups in total. The van der Waals surface area contributed by atoms with Crippen LogP contribution in [-0.4, -0.2) is 12.8 Å². The molecule has 0 aliphatic carbocycles. The summed E-state index contributed by atoms with van der Waals surface area (Å²) in [6, 6.07) is 5.75. The fourth-order valence-electron chi connectivity index (χ4n) is 1.62. The van der Waals surface area contributed by atoms with Crippen LogP contribution in [0.15, 0.2) is 23.4 Å². The number of rotatable bonds is 3. The molecule has 0 saturated carbocycles. The molecule has 0 unspecified atom stereocenters. The van der Waals surface area contributed by atoms with Gasteiger partial charge in [0.05, 0.1) is 10.7 Å². The van der Waals surface area contributed by atoms with Crippen LogP contribution in [0, 0.1) is 0 Å². The fraction of sp³-hybridized carbons (Fsp3) is 0.250. The molecule has 0 bridgehead atoms. The summed E-state index contributed by atoms with van der Waals surface area (Å²) in [5, 5.41) is 6.35. The van der Waals surface area contributed by atoms with E-state index < -0.39 is 0 Å². The SMILES string of the molecule is CO/N=C(\C)Cc1sc2ccc(Cl)cc2c1Cl. The number of fused-ring (bicyclic) bond motifs is 1. The highest BCUT2D eigenvalue weighted by molar-refractivity contribution is 7.19. The quantitative estimate of drug-likeness (QED) is 0.588. The van der Waals surface area contributed by atoms with Crippen molar-refractivity contribution in [1.29, 1.82) is 0 Å². The van der Waals surface area contributed by atoms with E-state index in [2.05, 4.69) is 5.16 Å². The molecule has 0 fully saturated rings. The van der Waals surface area contributed by atoms with E-state index >= 15 is 0 Å². The Labute approximate surface area is 114 Å². The van der Waals surface area contributed by atoms with E-state index in [9.17, 15) is 0 Å². The van der Waals surface area contributed by atoms with Crippen molar-refractivity contribution in [2.75, 3.05) is 7.11 Å². The van der Waals surface area contributed by atoms with Gasteiger partial charge in [-0.2, -0.15) is 0 Å². The number of oxime groups is 1. The van der Waals surface area contributed by atoms with Crippen LogP contribution in [-0.2, 0) is 11.3 Å². The van der Waals surface area contributed by atoms with E-state index in [-0.39, 0.29) is 0 Å². The van der Waals surface area contributed by atoms with Crippen LogP contribution >= 0.6 is 34.5 Å². The highest BCUT2D eigenvalue weighted by atomic mass is 35.5. The van der Waals surface area contributed by atoms with Gasteiger partial charge in [0.25, 0.3) is 0 Å². The molecule has 2 aromatic rings. The number of thiophene rings is 1. The molecule has 1 heterocycles. The van der Waals surface area contributed by atoms with Crippen molar-refractivity contribution in [1.82, 2.24) is 0 Å². The van der Waals surface area contributed by atoms with Crippen LogP contribution < -0.4 is 0 Å².